The van der Waals surface area contributed by atoms with Crippen LogP contribution in [0.1, 0.15) is 50.2 Å². The van der Waals surface area contributed by atoms with E-state index in [9.17, 15) is 9.59 Å². The van der Waals surface area contributed by atoms with Gasteiger partial charge in [-0.15, -0.1) is 0 Å². The van der Waals surface area contributed by atoms with Crippen molar-refractivity contribution in [1.29, 1.82) is 0 Å². The molecule has 0 unspecified atom stereocenters. The Hall–Kier alpha value is -1.56. The first-order valence-electron chi connectivity index (χ1n) is 10.6. The van der Waals surface area contributed by atoms with E-state index in [0.717, 1.165) is 35.7 Å². The number of nitrogens with one attached hydrogen (secondary N) is 1. The van der Waals surface area contributed by atoms with E-state index in [1.807, 2.05) is 24.3 Å². The van der Waals surface area contributed by atoms with Crippen LogP contribution in [-0.4, -0.2) is 28.8 Å². The summed E-state index contributed by atoms with van der Waals surface area (Å²) < 4.78 is 0.928. The first-order valence-corrected chi connectivity index (χ1v) is 12.2. The summed E-state index contributed by atoms with van der Waals surface area (Å²) in [6.07, 6.45) is 5.59. The van der Waals surface area contributed by atoms with Crippen molar-refractivity contribution in [3.05, 3.63) is 68.1 Å². The number of rotatable bonds is 7. The van der Waals surface area contributed by atoms with Crippen LogP contribution >= 0.6 is 39.1 Å². The molecular weight excluding hydrogens is 499 g/mol. The molecule has 0 aliphatic heterocycles. The second kappa shape index (κ2) is 11.3. The molecule has 3 rings (SSSR count). The fourth-order valence-corrected chi connectivity index (χ4v) is 4.83. The number of amides is 2. The third-order valence-electron chi connectivity index (χ3n) is 5.72. The van der Waals surface area contributed by atoms with E-state index in [2.05, 4.69) is 21.2 Å². The molecule has 1 saturated carbocycles. The Balaban J connectivity index is 1.78. The van der Waals surface area contributed by atoms with E-state index in [4.69, 9.17) is 23.2 Å². The summed E-state index contributed by atoms with van der Waals surface area (Å²) in [5.41, 5.74) is 1.64. The minimum absolute atomic E-state index is 0.102. The van der Waals surface area contributed by atoms with Crippen molar-refractivity contribution in [2.24, 2.45) is 0 Å². The lowest BCUT2D eigenvalue weighted by atomic mass is 9.95. The van der Waals surface area contributed by atoms with Gasteiger partial charge >= 0.3 is 0 Å². The van der Waals surface area contributed by atoms with Gasteiger partial charge in [-0.1, -0.05) is 76.6 Å². The molecule has 1 atom stereocenters. The summed E-state index contributed by atoms with van der Waals surface area (Å²) in [6.45, 7) is 2.13. The fraction of sp³-hybridized carbons (Fsp3) is 0.417. The number of carbonyl (C=O) groups is 2. The van der Waals surface area contributed by atoms with Crippen molar-refractivity contribution >= 4 is 50.9 Å². The van der Waals surface area contributed by atoms with Gasteiger partial charge in [-0.3, -0.25) is 9.59 Å². The van der Waals surface area contributed by atoms with Crippen LogP contribution in [0.25, 0.3) is 0 Å². The van der Waals surface area contributed by atoms with Gasteiger partial charge in [0.15, 0.2) is 0 Å². The lowest BCUT2D eigenvalue weighted by Gasteiger charge is -2.31. The number of hydrogen-bond donors (Lipinski definition) is 1. The molecule has 1 aliphatic rings. The molecule has 0 spiro atoms. The SMILES string of the molecule is C[C@H](C(=O)NC1CCCCC1)N(Cc1cccc(Br)c1)C(=O)Cc1ccc(Cl)cc1Cl. The van der Waals surface area contributed by atoms with Gasteiger partial charge in [-0.05, 0) is 55.2 Å². The molecule has 2 aromatic carbocycles. The summed E-state index contributed by atoms with van der Waals surface area (Å²) >= 11 is 15.8. The number of nitrogens with zero attached hydrogens (tertiary/aromatic N) is 1. The highest BCUT2D eigenvalue weighted by molar-refractivity contribution is 9.10. The van der Waals surface area contributed by atoms with Crippen molar-refractivity contribution < 1.29 is 9.59 Å². The molecule has 0 radical (unpaired) electrons. The molecular formula is C24H27BrCl2N2O2. The van der Waals surface area contributed by atoms with Crippen molar-refractivity contribution in [2.75, 3.05) is 0 Å². The highest BCUT2D eigenvalue weighted by atomic mass is 79.9. The van der Waals surface area contributed by atoms with Gasteiger partial charge in [0.1, 0.15) is 6.04 Å². The number of halogens is 3. The smallest absolute Gasteiger partial charge is 0.242 e. The predicted molar refractivity (Wildman–Crippen MR) is 129 cm³/mol. The van der Waals surface area contributed by atoms with Crippen LogP contribution < -0.4 is 5.32 Å². The van der Waals surface area contributed by atoms with E-state index in [0.29, 0.717) is 22.2 Å². The molecule has 166 valence electrons. The lowest BCUT2D eigenvalue weighted by Crippen LogP contribution is -2.50. The van der Waals surface area contributed by atoms with Crippen LogP contribution in [0.5, 0.6) is 0 Å². The standard InChI is InChI=1S/C24H27BrCl2N2O2/c1-16(24(31)28-21-8-3-2-4-9-21)29(15-17-6-5-7-19(25)12-17)23(30)13-18-10-11-20(26)14-22(18)27/h5-7,10-12,14,16,21H,2-4,8-9,13,15H2,1H3,(H,28,31)/t16-/m1/s1. The third kappa shape index (κ3) is 6.96. The number of carbonyl (C=O) groups excluding carboxylic acids is 2. The van der Waals surface area contributed by atoms with Crippen LogP contribution in [0.2, 0.25) is 10.0 Å². The minimum Gasteiger partial charge on any atom is -0.352 e. The van der Waals surface area contributed by atoms with Gasteiger partial charge in [-0.25, -0.2) is 0 Å². The highest BCUT2D eigenvalue weighted by Crippen LogP contribution is 2.23. The Morgan fingerprint density at radius 3 is 2.55 bits per heavy atom. The fourth-order valence-electron chi connectivity index (χ4n) is 3.91. The van der Waals surface area contributed by atoms with Crippen LogP contribution in [0.4, 0.5) is 0 Å². The Kier molecular flexibility index (Phi) is 8.82. The summed E-state index contributed by atoms with van der Waals surface area (Å²) in [6, 6.07) is 12.5. The Bertz CT molecular complexity index is 932. The van der Waals surface area contributed by atoms with E-state index >= 15 is 0 Å². The van der Waals surface area contributed by atoms with Crippen molar-refractivity contribution in [2.45, 2.75) is 64.1 Å². The van der Waals surface area contributed by atoms with Gasteiger partial charge in [0.05, 0.1) is 6.42 Å². The first kappa shape index (κ1) is 24.1. The average Bonchev–Trinajstić information content (AvgIpc) is 2.74. The Morgan fingerprint density at radius 1 is 1.13 bits per heavy atom. The zero-order valence-corrected chi connectivity index (χ0v) is 20.6. The van der Waals surface area contributed by atoms with Gasteiger partial charge in [0, 0.05) is 27.1 Å². The first-order chi connectivity index (χ1) is 14.8. The molecule has 4 nitrogen and oxygen atoms in total. The molecule has 0 saturated heterocycles. The maximum atomic E-state index is 13.3. The number of hydrogen-bond acceptors (Lipinski definition) is 2. The molecule has 0 bridgehead atoms. The van der Waals surface area contributed by atoms with Crippen LogP contribution in [0, 0.1) is 0 Å². The maximum absolute atomic E-state index is 13.3. The monoisotopic (exact) mass is 524 g/mol. The van der Waals surface area contributed by atoms with Crippen molar-refractivity contribution in [3.63, 3.8) is 0 Å². The van der Waals surface area contributed by atoms with E-state index in [-0.39, 0.29) is 24.3 Å². The second-order valence-electron chi connectivity index (χ2n) is 8.08. The summed E-state index contributed by atoms with van der Waals surface area (Å²) in [5, 5.41) is 4.12. The summed E-state index contributed by atoms with van der Waals surface area (Å²) in [7, 11) is 0. The zero-order valence-electron chi connectivity index (χ0n) is 17.5. The van der Waals surface area contributed by atoms with E-state index < -0.39 is 6.04 Å². The summed E-state index contributed by atoms with van der Waals surface area (Å²) in [4.78, 5) is 28.0. The topological polar surface area (TPSA) is 49.4 Å². The van der Waals surface area contributed by atoms with Gasteiger partial charge < -0.3 is 10.2 Å². The molecule has 0 heterocycles. The van der Waals surface area contributed by atoms with Crippen LogP contribution in [0.15, 0.2) is 46.9 Å². The van der Waals surface area contributed by atoms with Crippen LogP contribution in [0.3, 0.4) is 0 Å². The highest BCUT2D eigenvalue weighted by Gasteiger charge is 2.28. The zero-order chi connectivity index (χ0) is 22.4. The molecule has 7 heteroatoms. The molecule has 1 aliphatic carbocycles. The van der Waals surface area contributed by atoms with E-state index in [1.54, 1.807) is 30.0 Å². The average molecular weight is 526 g/mol. The Labute approximate surface area is 202 Å². The Morgan fingerprint density at radius 2 is 1.87 bits per heavy atom. The molecule has 1 fully saturated rings. The second-order valence-corrected chi connectivity index (χ2v) is 9.84. The van der Waals surface area contributed by atoms with Crippen molar-refractivity contribution in [1.82, 2.24) is 10.2 Å². The van der Waals surface area contributed by atoms with Gasteiger partial charge in [0.25, 0.3) is 0 Å². The largest absolute Gasteiger partial charge is 0.352 e. The van der Waals surface area contributed by atoms with Gasteiger partial charge in [0.2, 0.25) is 11.8 Å². The lowest BCUT2D eigenvalue weighted by molar-refractivity contribution is -0.140. The molecule has 2 aromatic rings. The van der Waals surface area contributed by atoms with Gasteiger partial charge in [-0.2, -0.15) is 0 Å². The minimum atomic E-state index is -0.598. The third-order valence-corrected chi connectivity index (χ3v) is 6.80. The molecule has 0 aromatic heterocycles. The molecule has 2 amide bonds. The van der Waals surface area contributed by atoms with Crippen molar-refractivity contribution in [3.8, 4) is 0 Å². The molecule has 1 N–H and O–H groups in total. The predicted octanol–water partition coefficient (Wildman–Crippen LogP) is 6.16. The normalized spacial score (nSPS) is 15.4. The quantitative estimate of drug-likeness (QED) is 0.470. The number of benzene rings is 2. The maximum Gasteiger partial charge on any atom is 0.242 e. The van der Waals surface area contributed by atoms with E-state index in [1.165, 1.54) is 6.42 Å². The van der Waals surface area contributed by atoms with Crippen LogP contribution in [-0.2, 0) is 22.6 Å². The molecule has 31 heavy (non-hydrogen) atoms. The summed E-state index contributed by atoms with van der Waals surface area (Å²) in [5.74, 6) is -0.270.